The first-order chi connectivity index (χ1) is 9.79. The number of halogens is 2. The van der Waals surface area contributed by atoms with Crippen LogP contribution in [-0.4, -0.2) is 45.6 Å². The summed E-state index contributed by atoms with van der Waals surface area (Å²) in [5, 5.41) is 0.751. The summed E-state index contributed by atoms with van der Waals surface area (Å²) in [7, 11) is 0. The standard InChI is InChI=1S/C14H17Cl2N3S/c15-10-13-17-12-3-1-2-11(16)14(12)19(13)5-4-18-6-8-20-9-7-18/h1-3H,4-10H2. The lowest BCUT2D eigenvalue weighted by molar-refractivity contribution is 0.290. The molecule has 0 aliphatic carbocycles. The van der Waals surface area contributed by atoms with E-state index in [9.17, 15) is 0 Å². The number of imidazole rings is 1. The van der Waals surface area contributed by atoms with Crippen molar-refractivity contribution >= 4 is 46.0 Å². The first-order valence-electron chi connectivity index (χ1n) is 6.79. The van der Waals surface area contributed by atoms with Gasteiger partial charge in [-0.3, -0.25) is 4.90 Å². The van der Waals surface area contributed by atoms with Gasteiger partial charge in [0.05, 0.1) is 21.9 Å². The van der Waals surface area contributed by atoms with Crippen LogP contribution in [0.4, 0.5) is 0 Å². The molecule has 108 valence electrons. The van der Waals surface area contributed by atoms with Crippen molar-refractivity contribution in [3.63, 3.8) is 0 Å². The summed E-state index contributed by atoms with van der Waals surface area (Å²) in [4.78, 5) is 7.08. The van der Waals surface area contributed by atoms with Crippen LogP contribution in [0.2, 0.25) is 5.02 Å². The highest BCUT2D eigenvalue weighted by Gasteiger charge is 2.15. The average Bonchev–Trinajstić information content (AvgIpc) is 2.85. The van der Waals surface area contributed by atoms with Crippen LogP contribution in [0.15, 0.2) is 18.2 Å². The molecular formula is C14H17Cl2N3S. The molecule has 0 spiro atoms. The quantitative estimate of drug-likeness (QED) is 0.801. The summed E-state index contributed by atoms with van der Waals surface area (Å²) in [5.41, 5.74) is 1.94. The Morgan fingerprint density at radius 2 is 2.00 bits per heavy atom. The fraction of sp³-hybridized carbons (Fsp3) is 0.500. The maximum Gasteiger partial charge on any atom is 0.124 e. The number of thioether (sulfide) groups is 1. The lowest BCUT2D eigenvalue weighted by Crippen LogP contribution is -2.35. The van der Waals surface area contributed by atoms with Crippen molar-refractivity contribution < 1.29 is 0 Å². The third kappa shape index (κ3) is 2.93. The zero-order valence-electron chi connectivity index (χ0n) is 11.2. The fourth-order valence-corrected chi connectivity index (χ4v) is 4.05. The molecule has 0 unspecified atom stereocenters. The maximum atomic E-state index is 6.33. The summed E-state index contributed by atoms with van der Waals surface area (Å²) in [6.45, 7) is 4.26. The lowest BCUT2D eigenvalue weighted by atomic mass is 10.3. The van der Waals surface area contributed by atoms with Gasteiger partial charge in [-0.15, -0.1) is 11.6 Å². The number of benzene rings is 1. The molecule has 1 aliphatic heterocycles. The van der Waals surface area contributed by atoms with Gasteiger partial charge in [-0.25, -0.2) is 4.98 Å². The van der Waals surface area contributed by atoms with Crippen LogP contribution in [0.25, 0.3) is 11.0 Å². The molecule has 0 saturated carbocycles. The van der Waals surface area contributed by atoms with Crippen molar-refractivity contribution in [1.29, 1.82) is 0 Å². The average molecular weight is 330 g/mol. The van der Waals surface area contributed by atoms with Crippen molar-refractivity contribution in [2.75, 3.05) is 31.1 Å². The minimum atomic E-state index is 0.418. The van der Waals surface area contributed by atoms with Crippen molar-refractivity contribution in [3.05, 3.63) is 29.0 Å². The number of rotatable bonds is 4. The molecule has 2 heterocycles. The van der Waals surface area contributed by atoms with Crippen LogP contribution in [0, 0.1) is 0 Å². The number of fused-ring (bicyclic) bond motifs is 1. The third-order valence-electron chi connectivity index (χ3n) is 3.66. The molecule has 2 aromatic rings. The number of aromatic nitrogens is 2. The highest BCUT2D eigenvalue weighted by atomic mass is 35.5. The van der Waals surface area contributed by atoms with Gasteiger partial charge in [0, 0.05) is 37.7 Å². The van der Waals surface area contributed by atoms with Crippen LogP contribution in [0.1, 0.15) is 5.82 Å². The van der Waals surface area contributed by atoms with E-state index in [1.807, 2.05) is 30.0 Å². The molecule has 0 bridgehead atoms. The van der Waals surface area contributed by atoms with Gasteiger partial charge in [0.25, 0.3) is 0 Å². The number of alkyl halides is 1. The van der Waals surface area contributed by atoms with Crippen LogP contribution in [0.5, 0.6) is 0 Å². The first-order valence-corrected chi connectivity index (χ1v) is 8.86. The summed E-state index contributed by atoms with van der Waals surface area (Å²) >= 11 is 14.4. The molecule has 3 rings (SSSR count). The van der Waals surface area contributed by atoms with Crippen molar-refractivity contribution in [2.24, 2.45) is 0 Å². The zero-order chi connectivity index (χ0) is 13.9. The molecule has 1 aliphatic rings. The van der Waals surface area contributed by atoms with Gasteiger partial charge in [0.2, 0.25) is 0 Å². The van der Waals surface area contributed by atoms with E-state index in [0.29, 0.717) is 5.88 Å². The van der Waals surface area contributed by atoms with E-state index in [1.165, 1.54) is 24.6 Å². The van der Waals surface area contributed by atoms with Gasteiger partial charge in [-0.05, 0) is 12.1 Å². The van der Waals surface area contributed by atoms with Crippen LogP contribution < -0.4 is 0 Å². The van der Waals surface area contributed by atoms with Gasteiger partial charge in [0.1, 0.15) is 5.82 Å². The molecule has 0 radical (unpaired) electrons. The molecule has 1 aromatic carbocycles. The fourth-order valence-electron chi connectivity index (χ4n) is 2.60. The highest BCUT2D eigenvalue weighted by molar-refractivity contribution is 7.99. The Morgan fingerprint density at radius 1 is 1.20 bits per heavy atom. The number of nitrogens with zero attached hydrogens (tertiary/aromatic N) is 3. The van der Waals surface area contributed by atoms with E-state index in [1.54, 1.807) is 0 Å². The summed E-state index contributed by atoms with van der Waals surface area (Å²) in [6, 6.07) is 5.84. The van der Waals surface area contributed by atoms with Crippen molar-refractivity contribution in [1.82, 2.24) is 14.5 Å². The predicted molar refractivity (Wildman–Crippen MR) is 88.1 cm³/mol. The second-order valence-electron chi connectivity index (χ2n) is 4.87. The van der Waals surface area contributed by atoms with Gasteiger partial charge in [-0.2, -0.15) is 11.8 Å². The Morgan fingerprint density at radius 3 is 2.75 bits per heavy atom. The lowest BCUT2D eigenvalue weighted by Gasteiger charge is -2.26. The van der Waals surface area contributed by atoms with Crippen LogP contribution in [0.3, 0.4) is 0 Å². The molecule has 1 aromatic heterocycles. The normalized spacial score (nSPS) is 16.9. The second kappa shape index (κ2) is 6.56. The first kappa shape index (κ1) is 14.5. The molecule has 1 fully saturated rings. The Balaban J connectivity index is 1.85. The summed E-state index contributed by atoms with van der Waals surface area (Å²) in [6.07, 6.45) is 0. The molecule has 20 heavy (non-hydrogen) atoms. The molecule has 0 amide bonds. The van der Waals surface area contributed by atoms with Gasteiger partial charge in [0.15, 0.2) is 0 Å². The summed E-state index contributed by atoms with van der Waals surface area (Å²) < 4.78 is 2.17. The third-order valence-corrected chi connectivity index (χ3v) is 5.15. The van der Waals surface area contributed by atoms with Crippen LogP contribution >= 0.6 is 35.0 Å². The second-order valence-corrected chi connectivity index (χ2v) is 6.77. The number of para-hydroxylation sites is 1. The Hall–Kier alpha value is -0.420. The van der Waals surface area contributed by atoms with E-state index in [4.69, 9.17) is 23.2 Å². The number of hydrogen-bond donors (Lipinski definition) is 0. The Kier molecular flexibility index (Phi) is 4.76. The van der Waals surface area contributed by atoms with Crippen molar-refractivity contribution in [2.45, 2.75) is 12.4 Å². The SMILES string of the molecule is ClCc1nc2cccc(Cl)c2n1CCN1CCSCC1. The molecule has 3 nitrogen and oxygen atoms in total. The van der Waals surface area contributed by atoms with Gasteiger partial charge < -0.3 is 4.57 Å². The smallest absolute Gasteiger partial charge is 0.124 e. The number of hydrogen-bond acceptors (Lipinski definition) is 3. The van der Waals surface area contributed by atoms with Gasteiger partial charge >= 0.3 is 0 Å². The minimum Gasteiger partial charge on any atom is -0.324 e. The molecule has 1 saturated heterocycles. The zero-order valence-corrected chi connectivity index (χ0v) is 13.5. The Bertz CT molecular complexity index is 593. The summed E-state index contributed by atoms with van der Waals surface area (Å²) in [5.74, 6) is 3.78. The maximum absolute atomic E-state index is 6.33. The largest absolute Gasteiger partial charge is 0.324 e. The minimum absolute atomic E-state index is 0.418. The molecule has 0 N–H and O–H groups in total. The molecule has 0 atom stereocenters. The van der Waals surface area contributed by atoms with E-state index < -0.39 is 0 Å². The van der Waals surface area contributed by atoms with E-state index in [2.05, 4.69) is 14.5 Å². The van der Waals surface area contributed by atoms with E-state index >= 15 is 0 Å². The van der Waals surface area contributed by atoms with Crippen molar-refractivity contribution in [3.8, 4) is 0 Å². The predicted octanol–water partition coefficient (Wildman–Crippen LogP) is 3.48. The van der Waals surface area contributed by atoms with E-state index in [-0.39, 0.29) is 0 Å². The topological polar surface area (TPSA) is 21.1 Å². The van der Waals surface area contributed by atoms with Gasteiger partial charge in [-0.1, -0.05) is 17.7 Å². The highest BCUT2D eigenvalue weighted by Crippen LogP contribution is 2.25. The Labute approximate surface area is 133 Å². The molecular weight excluding hydrogens is 313 g/mol. The molecule has 6 heteroatoms. The van der Waals surface area contributed by atoms with Crippen LogP contribution in [-0.2, 0) is 12.4 Å². The van der Waals surface area contributed by atoms with E-state index in [0.717, 1.165) is 35.0 Å². The monoisotopic (exact) mass is 329 g/mol.